The maximum Gasteiger partial charge on any atom is 0.141 e. The lowest BCUT2D eigenvalue weighted by Crippen LogP contribution is -2.30. The van der Waals surface area contributed by atoms with Gasteiger partial charge in [-0.1, -0.05) is 18.6 Å². The minimum Gasteiger partial charge on any atom is -0.396 e. The van der Waals surface area contributed by atoms with E-state index in [1.54, 1.807) is 0 Å². The monoisotopic (exact) mass is 460 g/mol. The van der Waals surface area contributed by atoms with Gasteiger partial charge in [0.2, 0.25) is 0 Å². The Bertz CT molecular complexity index is 1140. The van der Waals surface area contributed by atoms with Crippen molar-refractivity contribution in [3.63, 3.8) is 0 Å². The molecule has 0 radical (unpaired) electrons. The van der Waals surface area contributed by atoms with Crippen molar-refractivity contribution in [1.82, 2.24) is 19.7 Å². The Morgan fingerprint density at radius 2 is 1.82 bits per heavy atom. The molecule has 0 bridgehead atoms. The number of aromatic nitrogens is 3. The molecule has 0 amide bonds. The summed E-state index contributed by atoms with van der Waals surface area (Å²) >= 11 is 0. The van der Waals surface area contributed by atoms with Crippen LogP contribution in [0.4, 0.5) is 0 Å². The van der Waals surface area contributed by atoms with Crippen LogP contribution in [0.3, 0.4) is 0 Å². The highest BCUT2D eigenvalue weighted by molar-refractivity contribution is 5.89. The molecule has 1 saturated carbocycles. The summed E-state index contributed by atoms with van der Waals surface area (Å²) in [5.74, 6) is 0.767. The molecule has 1 N–H and O–H groups in total. The second kappa shape index (κ2) is 10.4. The molecule has 3 aromatic rings. The minimum absolute atomic E-state index is 0.111. The third kappa shape index (κ3) is 5.08. The molecule has 2 aliphatic rings. The largest absolute Gasteiger partial charge is 0.396 e. The maximum atomic E-state index is 12.9. The van der Waals surface area contributed by atoms with Crippen LogP contribution in [0.15, 0.2) is 36.7 Å². The SMILES string of the molecule is Cn1ncc(-c2ccc3cnc(CC(=O)C4CCC(CO)CC4)cc3c2)c1CN1CCCCC1. The highest BCUT2D eigenvalue weighted by atomic mass is 16.3. The Kier molecular flexibility index (Phi) is 7.07. The molecule has 6 heteroatoms. The van der Waals surface area contributed by atoms with Crippen molar-refractivity contribution in [2.24, 2.45) is 18.9 Å². The molecule has 34 heavy (non-hydrogen) atoms. The molecule has 1 aliphatic carbocycles. The van der Waals surface area contributed by atoms with E-state index >= 15 is 0 Å². The van der Waals surface area contributed by atoms with E-state index in [0.717, 1.165) is 61.8 Å². The molecule has 2 fully saturated rings. The van der Waals surface area contributed by atoms with Crippen LogP contribution in [0.25, 0.3) is 21.9 Å². The normalized spacial score (nSPS) is 21.7. The Balaban J connectivity index is 1.34. The summed E-state index contributed by atoms with van der Waals surface area (Å²) in [6.45, 7) is 3.49. The number of benzene rings is 1. The van der Waals surface area contributed by atoms with E-state index in [4.69, 9.17) is 0 Å². The first-order valence-electron chi connectivity index (χ1n) is 12.9. The Morgan fingerprint density at radius 3 is 2.59 bits per heavy atom. The second-order valence-corrected chi connectivity index (χ2v) is 10.2. The van der Waals surface area contributed by atoms with Crippen molar-refractivity contribution in [2.45, 2.75) is 57.9 Å². The van der Waals surface area contributed by atoms with Gasteiger partial charge in [-0.15, -0.1) is 0 Å². The van der Waals surface area contributed by atoms with Crippen molar-refractivity contribution >= 4 is 16.6 Å². The number of carbonyl (C=O) groups excluding carboxylic acids is 1. The van der Waals surface area contributed by atoms with Crippen LogP contribution in [-0.2, 0) is 24.8 Å². The number of hydrogen-bond donors (Lipinski definition) is 1. The molecule has 1 aliphatic heterocycles. The Morgan fingerprint density at radius 1 is 1.03 bits per heavy atom. The van der Waals surface area contributed by atoms with Crippen molar-refractivity contribution in [1.29, 1.82) is 0 Å². The highest BCUT2D eigenvalue weighted by Crippen LogP contribution is 2.31. The molecular formula is C28H36N4O2. The van der Waals surface area contributed by atoms with E-state index in [9.17, 15) is 9.90 Å². The quantitative estimate of drug-likeness (QED) is 0.561. The number of ketones is 1. The summed E-state index contributed by atoms with van der Waals surface area (Å²) < 4.78 is 2.01. The standard InChI is InChI=1S/C28H36N4O2/c1-31-27(18-32-11-3-2-4-12-32)26(17-30-31)22-9-10-23-16-29-25(14-24(23)13-22)15-28(34)21-7-5-20(19-33)6-8-21/h9-10,13-14,16-17,20-21,33H,2-8,11-12,15,18-19H2,1H3. The van der Waals surface area contributed by atoms with E-state index in [2.05, 4.69) is 39.2 Å². The summed E-state index contributed by atoms with van der Waals surface area (Å²) in [7, 11) is 2.03. The number of likely N-dealkylation sites (tertiary alicyclic amines) is 1. The van der Waals surface area contributed by atoms with E-state index in [1.165, 1.54) is 36.1 Å². The average molecular weight is 461 g/mol. The second-order valence-electron chi connectivity index (χ2n) is 10.2. The third-order valence-corrected chi connectivity index (χ3v) is 7.89. The van der Waals surface area contributed by atoms with Gasteiger partial charge < -0.3 is 5.11 Å². The summed E-state index contributed by atoms with van der Waals surface area (Å²) in [4.78, 5) is 20.0. The topological polar surface area (TPSA) is 71.2 Å². The fourth-order valence-electron chi connectivity index (χ4n) is 5.66. The number of pyridine rings is 1. The number of piperidine rings is 1. The number of aliphatic hydroxyl groups excluding tert-OH is 1. The number of Topliss-reactive ketones (excluding diaryl/α,β-unsaturated/α-hetero) is 1. The maximum absolute atomic E-state index is 12.9. The number of aliphatic hydroxyl groups is 1. The smallest absolute Gasteiger partial charge is 0.141 e. The first kappa shape index (κ1) is 23.2. The Labute approximate surface area is 202 Å². The first-order valence-corrected chi connectivity index (χ1v) is 12.9. The number of fused-ring (bicyclic) bond motifs is 1. The summed E-state index contributed by atoms with van der Waals surface area (Å²) in [6, 6.07) is 8.58. The molecular weight excluding hydrogens is 424 g/mol. The molecule has 0 unspecified atom stereocenters. The van der Waals surface area contributed by atoms with Crippen LogP contribution in [-0.4, -0.2) is 50.3 Å². The van der Waals surface area contributed by atoms with Gasteiger partial charge in [0.05, 0.1) is 11.9 Å². The van der Waals surface area contributed by atoms with Crippen LogP contribution in [0.5, 0.6) is 0 Å². The summed E-state index contributed by atoms with van der Waals surface area (Å²) in [5.41, 5.74) is 4.45. The van der Waals surface area contributed by atoms with Gasteiger partial charge in [0.1, 0.15) is 5.78 Å². The first-order chi connectivity index (χ1) is 16.6. The molecule has 0 spiro atoms. The zero-order valence-corrected chi connectivity index (χ0v) is 20.2. The summed E-state index contributed by atoms with van der Waals surface area (Å²) in [5, 5.41) is 16.1. The predicted octanol–water partition coefficient (Wildman–Crippen LogP) is 4.53. The van der Waals surface area contributed by atoms with Gasteiger partial charge >= 0.3 is 0 Å². The average Bonchev–Trinajstić information content (AvgIpc) is 3.24. The lowest BCUT2D eigenvalue weighted by Gasteiger charge is -2.26. The van der Waals surface area contributed by atoms with Crippen LogP contribution in [0.2, 0.25) is 0 Å². The molecule has 2 aromatic heterocycles. The van der Waals surface area contributed by atoms with Gasteiger partial charge in [0.15, 0.2) is 0 Å². The molecule has 0 atom stereocenters. The zero-order valence-electron chi connectivity index (χ0n) is 20.2. The van der Waals surface area contributed by atoms with Gasteiger partial charge in [-0.3, -0.25) is 19.4 Å². The Hall–Kier alpha value is -2.57. The van der Waals surface area contributed by atoms with E-state index in [-0.39, 0.29) is 18.3 Å². The number of rotatable bonds is 7. The predicted molar refractivity (Wildman–Crippen MR) is 134 cm³/mol. The minimum atomic E-state index is 0.111. The summed E-state index contributed by atoms with van der Waals surface area (Å²) in [6.07, 6.45) is 11.8. The van der Waals surface area contributed by atoms with E-state index in [1.807, 2.05) is 24.1 Å². The van der Waals surface area contributed by atoms with Gasteiger partial charge in [-0.2, -0.15) is 5.10 Å². The van der Waals surface area contributed by atoms with Crippen LogP contribution >= 0.6 is 0 Å². The van der Waals surface area contributed by atoms with E-state index in [0.29, 0.717) is 12.3 Å². The third-order valence-electron chi connectivity index (χ3n) is 7.89. The van der Waals surface area contributed by atoms with Crippen LogP contribution < -0.4 is 0 Å². The molecule has 5 rings (SSSR count). The molecule has 1 aromatic carbocycles. The molecule has 180 valence electrons. The fourth-order valence-corrected chi connectivity index (χ4v) is 5.66. The number of nitrogens with zero attached hydrogens (tertiary/aromatic N) is 4. The van der Waals surface area contributed by atoms with Crippen molar-refractivity contribution in [3.05, 3.63) is 48.0 Å². The van der Waals surface area contributed by atoms with Crippen molar-refractivity contribution in [2.75, 3.05) is 19.7 Å². The van der Waals surface area contributed by atoms with Gasteiger partial charge in [-0.25, -0.2) is 0 Å². The van der Waals surface area contributed by atoms with Crippen molar-refractivity contribution in [3.8, 4) is 11.1 Å². The van der Waals surface area contributed by atoms with Gasteiger partial charge in [0, 0.05) is 55.4 Å². The lowest BCUT2D eigenvalue weighted by molar-refractivity contribution is -0.123. The molecule has 1 saturated heterocycles. The molecule has 3 heterocycles. The van der Waals surface area contributed by atoms with Crippen LogP contribution in [0.1, 0.15) is 56.3 Å². The number of hydrogen-bond acceptors (Lipinski definition) is 5. The van der Waals surface area contributed by atoms with Gasteiger partial charge in [-0.05, 0) is 80.6 Å². The lowest BCUT2D eigenvalue weighted by atomic mass is 9.79. The highest BCUT2D eigenvalue weighted by Gasteiger charge is 2.26. The zero-order chi connectivity index (χ0) is 23.5. The van der Waals surface area contributed by atoms with Crippen molar-refractivity contribution < 1.29 is 9.90 Å². The van der Waals surface area contributed by atoms with Crippen LogP contribution in [0, 0.1) is 11.8 Å². The fraction of sp³-hybridized carbons (Fsp3) is 0.536. The number of aryl methyl sites for hydroxylation is 1. The molecule has 6 nitrogen and oxygen atoms in total. The van der Waals surface area contributed by atoms with Gasteiger partial charge in [0.25, 0.3) is 0 Å². The number of carbonyl (C=O) groups is 1. The van der Waals surface area contributed by atoms with E-state index < -0.39 is 0 Å².